The Labute approximate surface area is 139 Å². The molecule has 3 N–H and O–H groups in total. The van der Waals surface area contributed by atoms with Crippen molar-refractivity contribution in [3.05, 3.63) is 0 Å². The first-order chi connectivity index (χ1) is 7.68. The minimum absolute atomic E-state index is 0. The molecular weight excluding hydrogens is 437 g/mol. The first-order valence-corrected chi connectivity index (χ1v) is 6.85. The van der Waals surface area contributed by atoms with Crippen LogP contribution in [-0.4, -0.2) is 58.3 Å². The van der Waals surface area contributed by atoms with Gasteiger partial charge in [-0.1, -0.05) is 20.8 Å². The first-order valence-electron chi connectivity index (χ1n) is 6.85. The monoisotopic (exact) mass is 473 g/mol. The van der Waals surface area contributed by atoms with E-state index in [1.165, 1.54) is 0 Å². The van der Waals surface area contributed by atoms with Gasteiger partial charge in [-0.25, -0.2) is 0 Å². The van der Waals surface area contributed by atoms with Crippen molar-refractivity contribution in [2.75, 3.05) is 0 Å². The number of hydrogen-bond acceptors (Lipinski definition) is 3. The van der Waals surface area contributed by atoms with E-state index in [1.54, 1.807) is 41.5 Å². The SMILES string of the molecule is CCC(C)(C)O.CCC(C)(C)O.CCC(C)(C)O.[Bi]. The third-order valence-electron chi connectivity index (χ3n) is 2.60. The van der Waals surface area contributed by atoms with Crippen LogP contribution in [-0.2, 0) is 0 Å². The molecule has 0 aromatic rings. The van der Waals surface area contributed by atoms with E-state index >= 15 is 0 Å². The molecule has 0 bridgehead atoms. The Bertz CT molecular complexity index is 140. The van der Waals surface area contributed by atoms with Gasteiger partial charge >= 0.3 is 0 Å². The number of rotatable bonds is 3. The van der Waals surface area contributed by atoms with Crippen LogP contribution < -0.4 is 0 Å². The van der Waals surface area contributed by atoms with Crippen molar-refractivity contribution in [1.82, 2.24) is 0 Å². The van der Waals surface area contributed by atoms with Crippen molar-refractivity contribution in [2.45, 2.75) is 98.4 Å². The molecule has 0 aromatic carbocycles. The Balaban J connectivity index is -0.0000000865. The van der Waals surface area contributed by atoms with Gasteiger partial charge in [-0.15, -0.1) is 0 Å². The van der Waals surface area contributed by atoms with Gasteiger partial charge in [-0.3, -0.25) is 0 Å². The second-order valence-electron chi connectivity index (χ2n) is 6.50. The molecule has 0 rings (SSSR count). The predicted octanol–water partition coefficient (Wildman–Crippen LogP) is 3.12. The zero-order valence-electron chi connectivity index (χ0n) is 14.4. The van der Waals surface area contributed by atoms with E-state index in [4.69, 9.17) is 15.3 Å². The van der Waals surface area contributed by atoms with Crippen molar-refractivity contribution in [1.29, 1.82) is 0 Å². The van der Waals surface area contributed by atoms with E-state index in [0.717, 1.165) is 19.3 Å². The summed E-state index contributed by atoms with van der Waals surface area (Å²) >= 11 is 0. The summed E-state index contributed by atoms with van der Waals surface area (Å²) in [6.45, 7) is 16.7. The van der Waals surface area contributed by atoms with Crippen molar-refractivity contribution in [3.63, 3.8) is 0 Å². The maximum Gasteiger partial charge on any atom is 0.0589 e. The Hall–Kier alpha value is 0.763. The second-order valence-corrected chi connectivity index (χ2v) is 6.50. The third-order valence-corrected chi connectivity index (χ3v) is 2.60. The third kappa shape index (κ3) is 55.3. The van der Waals surface area contributed by atoms with Gasteiger partial charge in [0.15, 0.2) is 0 Å². The van der Waals surface area contributed by atoms with Gasteiger partial charge in [-0.2, -0.15) is 0 Å². The first kappa shape index (κ1) is 28.0. The maximum absolute atomic E-state index is 8.83. The molecule has 4 heteroatoms. The molecule has 0 atom stereocenters. The molecule has 0 saturated carbocycles. The van der Waals surface area contributed by atoms with Gasteiger partial charge in [0.05, 0.1) is 16.8 Å². The fourth-order valence-corrected chi connectivity index (χ4v) is 0. The van der Waals surface area contributed by atoms with Gasteiger partial charge in [0.25, 0.3) is 0 Å². The topological polar surface area (TPSA) is 60.7 Å². The van der Waals surface area contributed by atoms with Crippen molar-refractivity contribution in [3.8, 4) is 0 Å². The van der Waals surface area contributed by atoms with Crippen LogP contribution in [0.2, 0.25) is 0 Å². The van der Waals surface area contributed by atoms with Crippen LogP contribution >= 0.6 is 0 Å². The van der Waals surface area contributed by atoms with E-state index in [-0.39, 0.29) is 26.2 Å². The number of hydrogen-bond donors (Lipinski definition) is 3. The zero-order chi connectivity index (χ0) is 15.6. The molecule has 0 amide bonds. The van der Waals surface area contributed by atoms with Crippen molar-refractivity contribution in [2.24, 2.45) is 0 Å². The Morgan fingerprint density at radius 3 is 0.579 bits per heavy atom. The smallest absolute Gasteiger partial charge is 0.0589 e. The van der Waals surface area contributed by atoms with Crippen LogP contribution in [0.5, 0.6) is 0 Å². The largest absolute Gasteiger partial charge is 0.390 e. The van der Waals surface area contributed by atoms with Crippen LogP contribution in [0.4, 0.5) is 0 Å². The molecule has 3 radical (unpaired) electrons. The summed E-state index contributed by atoms with van der Waals surface area (Å²) in [5.41, 5.74) is -1.37. The Kier molecular flexibility index (Phi) is 18.4. The van der Waals surface area contributed by atoms with Gasteiger partial charge in [0.2, 0.25) is 0 Å². The van der Waals surface area contributed by atoms with Crippen LogP contribution in [0.1, 0.15) is 81.6 Å². The predicted molar refractivity (Wildman–Crippen MR) is 85.5 cm³/mol. The average molecular weight is 473 g/mol. The summed E-state index contributed by atoms with van der Waals surface area (Å²) in [6.07, 6.45) is 2.48. The van der Waals surface area contributed by atoms with E-state index in [9.17, 15) is 0 Å². The normalized spacial score (nSPS) is 11.4. The summed E-state index contributed by atoms with van der Waals surface area (Å²) < 4.78 is 0. The molecule has 0 spiro atoms. The average Bonchev–Trinajstić information content (AvgIpc) is 2.16. The van der Waals surface area contributed by atoms with Gasteiger partial charge in [0, 0.05) is 26.2 Å². The van der Waals surface area contributed by atoms with E-state index in [0.29, 0.717) is 0 Å². The summed E-state index contributed by atoms with van der Waals surface area (Å²) in [5.74, 6) is 0. The van der Waals surface area contributed by atoms with Crippen LogP contribution in [0.15, 0.2) is 0 Å². The summed E-state index contributed by atoms with van der Waals surface area (Å²) in [6, 6.07) is 0. The zero-order valence-corrected chi connectivity index (χ0v) is 17.9. The minimum atomic E-state index is -0.458. The summed E-state index contributed by atoms with van der Waals surface area (Å²) in [5, 5.41) is 26.5. The van der Waals surface area contributed by atoms with Gasteiger partial charge < -0.3 is 15.3 Å². The molecule has 0 aliphatic heterocycles. The fraction of sp³-hybridized carbons (Fsp3) is 1.00. The van der Waals surface area contributed by atoms with E-state index in [2.05, 4.69) is 0 Å². The quantitative estimate of drug-likeness (QED) is 0.553. The van der Waals surface area contributed by atoms with Gasteiger partial charge in [-0.05, 0) is 60.8 Å². The second kappa shape index (κ2) is 12.5. The summed E-state index contributed by atoms with van der Waals surface area (Å²) in [7, 11) is 0. The molecule has 0 aromatic heterocycles. The molecular formula is C15H36BiO3. The van der Waals surface area contributed by atoms with Crippen molar-refractivity contribution >= 4 is 26.2 Å². The van der Waals surface area contributed by atoms with Crippen LogP contribution in [0.3, 0.4) is 0 Å². The Morgan fingerprint density at radius 2 is 0.579 bits per heavy atom. The summed E-state index contributed by atoms with van der Waals surface area (Å²) in [4.78, 5) is 0. The fourth-order valence-electron chi connectivity index (χ4n) is 0. The van der Waals surface area contributed by atoms with Crippen LogP contribution in [0.25, 0.3) is 0 Å². The molecule has 3 nitrogen and oxygen atoms in total. The number of aliphatic hydroxyl groups is 3. The molecule has 0 saturated heterocycles. The Morgan fingerprint density at radius 1 is 0.526 bits per heavy atom. The minimum Gasteiger partial charge on any atom is -0.390 e. The van der Waals surface area contributed by atoms with Crippen LogP contribution in [0, 0.1) is 0 Å². The molecule has 0 aliphatic rings. The molecule has 119 valence electrons. The van der Waals surface area contributed by atoms with Crippen molar-refractivity contribution < 1.29 is 15.3 Å². The molecule has 0 aliphatic carbocycles. The maximum atomic E-state index is 8.83. The standard InChI is InChI=1S/3C5H12O.Bi/c3*1-4-5(2,3)6;/h3*6H,4H2,1-3H3;. The molecule has 19 heavy (non-hydrogen) atoms. The van der Waals surface area contributed by atoms with E-state index < -0.39 is 16.8 Å². The van der Waals surface area contributed by atoms with E-state index in [1.807, 2.05) is 20.8 Å². The van der Waals surface area contributed by atoms with Gasteiger partial charge in [0.1, 0.15) is 0 Å². The molecule has 0 heterocycles. The molecule has 0 unspecified atom stereocenters. The molecule has 0 fully saturated rings.